The summed E-state index contributed by atoms with van der Waals surface area (Å²) < 4.78 is 5.00. The number of ether oxygens (including phenoxy) is 1. The van der Waals surface area contributed by atoms with E-state index in [1.54, 1.807) is 0 Å². The van der Waals surface area contributed by atoms with Crippen LogP contribution in [0.3, 0.4) is 0 Å². The second-order valence-electron chi connectivity index (χ2n) is 7.27. The lowest BCUT2D eigenvalue weighted by Crippen LogP contribution is -2.41. The molecule has 0 fully saturated rings. The van der Waals surface area contributed by atoms with Crippen LogP contribution in [0.5, 0.6) is 0 Å². The average Bonchev–Trinajstić information content (AvgIpc) is 2.83. The second-order valence-corrected chi connectivity index (χ2v) is 7.27. The molecule has 0 aliphatic carbocycles. The fraction of sp³-hybridized carbons (Fsp3) is 0.231. The smallest absolute Gasteiger partial charge is 0.331 e. The summed E-state index contributed by atoms with van der Waals surface area (Å²) in [5.74, 6) is -1.00. The van der Waals surface area contributed by atoms with Crippen molar-refractivity contribution in [1.82, 2.24) is 10.4 Å². The van der Waals surface area contributed by atoms with Gasteiger partial charge in [0.05, 0.1) is 13.2 Å². The van der Waals surface area contributed by atoms with Gasteiger partial charge in [0.25, 0.3) is 0 Å². The second kappa shape index (κ2) is 11.8. The van der Waals surface area contributed by atoms with Crippen LogP contribution in [0.25, 0.3) is 0 Å². The van der Waals surface area contributed by atoms with E-state index in [-0.39, 0.29) is 12.6 Å². The van der Waals surface area contributed by atoms with Gasteiger partial charge in [-0.05, 0) is 16.7 Å². The van der Waals surface area contributed by atoms with Crippen molar-refractivity contribution in [3.8, 4) is 0 Å². The van der Waals surface area contributed by atoms with Crippen molar-refractivity contribution >= 4 is 11.9 Å². The first kappa shape index (κ1) is 23.2. The summed E-state index contributed by atoms with van der Waals surface area (Å²) in [6.45, 7) is 2.06. The van der Waals surface area contributed by atoms with Crippen molar-refractivity contribution in [1.29, 1.82) is 0 Å². The maximum absolute atomic E-state index is 12.6. The zero-order valence-electron chi connectivity index (χ0n) is 18.3. The van der Waals surface area contributed by atoms with Crippen molar-refractivity contribution in [2.45, 2.75) is 19.0 Å². The van der Waals surface area contributed by atoms with Gasteiger partial charge in [-0.15, -0.1) is 5.06 Å². The van der Waals surface area contributed by atoms with Gasteiger partial charge in [0.15, 0.2) is 6.04 Å². The molecule has 0 aliphatic heterocycles. The maximum Gasteiger partial charge on any atom is 0.331 e. The van der Waals surface area contributed by atoms with Crippen LogP contribution < -0.4 is 5.32 Å². The zero-order valence-corrected chi connectivity index (χ0v) is 18.3. The van der Waals surface area contributed by atoms with Gasteiger partial charge >= 0.3 is 11.9 Å². The molecule has 166 valence electrons. The molecule has 0 aromatic heterocycles. The number of nitrogens with zero attached hydrogens (tertiary/aromatic N) is 1. The first-order valence-corrected chi connectivity index (χ1v) is 10.5. The molecule has 32 heavy (non-hydrogen) atoms. The molecule has 0 amide bonds. The van der Waals surface area contributed by atoms with E-state index in [0.29, 0.717) is 12.1 Å². The number of carbonyl (C=O) groups excluding carboxylic acids is 2. The third kappa shape index (κ3) is 6.26. The van der Waals surface area contributed by atoms with Crippen LogP contribution in [0.2, 0.25) is 0 Å². The molecule has 0 heterocycles. The summed E-state index contributed by atoms with van der Waals surface area (Å²) in [5, 5.41) is 4.91. The van der Waals surface area contributed by atoms with Gasteiger partial charge in [-0.25, -0.2) is 4.79 Å². The molecule has 1 atom stereocenters. The van der Waals surface area contributed by atoms with Crippen LogP contribution >= 0.6 is 0 Å². The lowest BCUT2D eigenvalue weighted by atomic mass is 9.99. The topological polar surface area (TPSA) is 67.9 Å². The highest BCUT2D eigenvalue weighted by Crippen LogP contribution is 2.24. The zero-order chi connectivity index (χ0) is 22.8. The summed E-state index contributed by atoms with van der Waals surface area (Å²) in [7, 11) is 1.32. The molecule has 6 nitrogen and oxygen atoms in total. The van der Waals surface area contributed by atoms with Gasteiger partial charge in [0.2, 0.25) is 0 Å². The van der Waals surface area contributed by atoms with Crippen LogP contribution in [0, 0.1) is 0 Å². The van der Waals surface area contributed by atoms with Gasteiger partial charge < -0.3 is 14.9 Å². The normalized spacial score (nSPS) is 11.9. The van der Waals surface area contributed by atoms with E-state index in [9.17, 15) is 9.59 Å². The summed E-state index contributed by atoms with van der Waals surface area (Å²) in [6, 6.07) is 28.4. The number of hydrogen-bond donors (Lipinski definition) is 1. The van der Waals surface area contributed by atoms with Crippen molar-refractivity contribution in [2.75, 3.05) is 20.2 Å². The molecule has 0 aliphatic rings. The molecule has 0 saturated carbocycles. The minimum Gasteiger partial charge on any atom is -0.467 e. The van der Waals surface area contributed by atoms with Crippen molar-refractivity contribution in [3.05, 3.63) is 108 Å². The molecule has 3 aromatic rings. The van der Waals surface area contributed by atoms with E-state index in [0.717, 1.165) is 11.1 Å². The molecule has 1 N–H and O–H groups in total. The Morgan fingerprint density at radius 1 is 0.812 bits per heavy atom. The van der Waals surface area contributed by atoms with Crippen molar-refractivity contribution < 1.29 is 19.2 Å². The number of methoxy groups -OCH3 is 1. The van der Waals surface area contributed by atoms with Crippen LogP contribution in [-0.4, -0.2) is 37.2 Å². The van der Waals surface area contributed by atoms with Gasteiger partial charge in [-0.1, -0.05) is 91.0 Å². The lowest BCUT2D eigenvalue weighted by Gasteiger charge is -2.29. The Bertz CT molecular complexity index is 941. The molecule has 6 heteroatoms. The first-order valence-electron chi connectivity index (χ1n) is 10.5. The number of hydrogen-bond acceptors (Lipinski definition) is 6. The summed E-state index contributed by atoms with van der Waals surface area (Å²) in [4.78, 5) is 29.8. The van der Waals surface area contributed by atoms with Gasteiger partial charge in [-0.3, -0.25) is 4.79 Å². The third-order valence-electron chi connectivity index (χ3n) is 5.02. The van der Waals surface area contributed by atoms with Crippen molar-refractivity contribution in [2.24, 2.45) is 0 Å². The van der Waals surface area contributed by atoms with E-state index >= 15 is 0 Å². The number of esters is 1. The Morgan fingerprint density at radius 2 is 1.28 bits per heavy atom. The van der Waals surface area contributed by atoms with Crippen LogP contribution in [0.15, 0.2) is 91.0 Å². The molecular weight excluding hydrogens is 404 g/mol. The minimum atomic E-state index is -0.862. The van der Waals surface area contributed by atoms with Crippen molar-refractivity contribution in [3.63, 3.8) is 0 Å². The van der Waals surface area contributed by atoms with Crippen LogP contribution in [-0.2, 0) is 19.2 Å². The third-order valence-corrected chi connectivity index (χ3v) is 5.02. The van der Waals surface area contributed by atoms with Crippen LogP contribution in [0.1, 0.15) is 35.7 Å². The molecule has 0 saturated heterocycles. The monoisotopic (exact) mass is 432 g/mol. The predicted molar refractivity (Wildman–Crippen MR) is 122 cm³/mol. The molecular formula is C26H28N2O4. The minimum absolute atomic E-state index is 0.0510. The van der Waals surface area contributed by atoms with E-state index in [1.807, 2.05) is 66.7 Å². The summed E-state index contributed by atoms with van der Waals surface area (Å²) >= 11 is 0. The number of carbonyl (C=O) groups is 2. The molecule has 3 rings (SSSR count). The summed E-state index contributed by atoms with van der Waals surface area (Å²) in [5.41, 5.74) is 2.92. The average molecular weight is 433 g/mol. The van der Waals surface area contributed by atoms with Gasteiger partial charge in [0, 0.05) is 20.0 Å². The number of hydroxylamine groups is 2. The molecule has 0 radical (unpaired) electrons. The van der Waals surface area contributed by atoms with E-state index in [2.05, 4.69) is 29.6 Å². The first-order chi connectivity index (χ1) is 15.6. The molecule has 3 aromatic carbocycles. The van der Waals surface area contributed by atoms with E-state index < -0.39 is 18.0 Å². The standard InChI is InChI=1S/C26H28N2O4/c1-20(29)32-28(25(26(30)31-2)23-16-10-5-11-17-23)19-18-27-24(21-12-6-3-7-13-21)22-14-8-4-9-15-22/h3-17,24-25,27H,18-19H2,1-2H3. The largest absolute Gasteiger partial charge is 0.467 e. The Morgan fingerprint density at radius 3 is 1.72 bits per heavy atom. The van der Waals surface area contributed by atoms with Crippen LogP contribution in [0.4, 0.5) is 0 Å². The molecule has 1 unspecified atom stereocenters. The maximum atomic E-state index is 12.6. The number of rotatable bonds is 10. The fourth-order valence-corrected chi connectivity index (χ4v) is 3.60. The highest BCUT2D eigenvalue weighted by atomic mass is 16.7. The van der Waals surface area contributed by atoms with E-state index in [1.165, 1.54) is 19.1 Å². The Labute approximate surface area is 188 Å². The summed E-state index contributed by atoms with van der Waals surface area (Å²) in [6.07, 6.45) is 0. The Hall–Kier alpha value is -3.48. The van der Waals surface area contributed by atoms with Gasteiger partial charge in [-0.2, -0.15) is 0 Å². The quantitative estimate of drug-likeness (QED) is 0.385. The molecule has 0 bridgehead atoms. The van der Waals surface area contributed by atoms with Gasteiger partial charge in [0.1, 0.15) is 0 Å². The lowest BCUT2D eigenvalue weighted by molar-refractivity contribution is -0.206. The predicted octanol–water partition coefficient (Wildman–Crippen LogP) is 4.06. The Kier molecular flexibility index (Phi) is 8.54. The SMILES string of the molecule is COC(=O)C(c1ccccc1)N(CCNC(c1ccccc1)c1ccccc1)OC(C)=O. The number of nitrogens with one attached hydrogen (secondary N) is 1. The molecule has 0 spiro atoms. The van der Waals surface area contributed by atoms with E-state index in [4.69, 9.17) is 9.57 Å². The highest BCUT2D eigenvalue weighted by molar-refractivity contribution is 5.77. The fourth-order valence-electron chi connectivity index (χ4n) is 3.60. The highest BCUT2D eigenvalue weighted by Gasteiger charge is 2.31. The Balaban J connectivity index is 1.80. The number of benzene rings is 3.